The zero-order valence-electron chi connectivity index (χ0n) is 9.84. The van der Waals surface area contributed by atoms with Crippen LogP contribution in [0, 0.1) is 0 Å². The quantitative estimate of drug-likeness (QED) is 0.693. The average molecular weight is 319 g/mol. The number of alkyl halides is 1. The van der Waals surface area contributed by atoms with Crippen molar-refractivity contribution in [2.24, 2.45) is 0 Å². The van der Waals surface area contributed by atoms with Gasteiger partial charge in [-0.1, -0.05) is 22.0 Å². The van der Waals surface area contributed by atoms with Crippen molar-refractivity contribution in [3.63, 3.8) is 0 Å². The molecule has 18 heavy (non-hydrogen) atoms. The third-order valence-electron chi connectivity index (χ3n) is 2.58. The van der Waals surface area contributed by atoms with E-state index in [1.54, 1.807) is 6.07 Å². The molecule has 2 atom stereocenters. The predicted octanol–water partition coefficient (Wildman–Crippen LogP) is 1.57. The minimum absolute atomic E-state index is 0.0736. The van der Waals surface area contributed by atoms with Gasteiger partial charge in [0.2, 0.25) is 0 Å². The first-order valence-electron chi connectivity index (χ1n) is 5.34. The van der Waals surface area contributed by atoms with E-state index in [1.165, 1.54) is 19.2 Å². The van der Waals surface area contributed by atoms with Gasteiger partial charge in [-0.15, -0.1) is 0 Å². The molecule has 1 aromatic rings. The van der Waals surface area contributed by atoms with Crippen molar-refractivity contribution in [2.45, 2.75) is 18.6 Å². The van der Waals surface area contributed by atoms with Crippen LogP contribution >= 0.6 is 15.9 Å². The van der Waals surface area contributed by atoms with Crippen LogP contribution in [-0.4, -0.2) is 39.8 Å². The van der Waals surface area contributed by atoms with Gasteiger partial charge in [-0.25, -0.2) is 4.79 Å². The molecular formula is C12H15BrO5. The lowest BCUT2D eigenvalue weighted by Crippen LogP contribution is -2.21. The van der Waals surface area contributed by atoms with Gasteiger partial charge >= 0.3 is 5.97 Å². The minimum atomic E-state index is -1.24. The summed E-state index contributed by atoms with van der Waals surface area (Å²) in [6, 6.07) is 4.32. The molecular weight excluding hydrogens is 304 g/mol. The smallest absolute Gasteiger partial charge is 0.336 e. The highest BCUT2D eigenvalue weighted by molar-refractivity contribution is 9.09. The highest BCUT2D eigenvalue weighted by atomic mass is 79.9. The zero-order valence-corrected chi connectivity index (χ0v) is 11.4. The van der Waals surface area contributed by atoms with E-state index in [0.717, 1.165) is 0 Å². The highest BCUT2D eigenvalue weighted by Gasteiger charge is 2.23. The van der Waals surface area contributed by atoms with Gasteiger partial charge in [-0.3, -0.25) is 0 Å². The molecule has 0 saturated heterocycles. The molecule has 1 aromatic carbocycles. The number of carboxylic acids is 1. The number of hydrogen-bond acceptors (Lipinski definition) is 4. The Hall–Kier alpha value is -1.11. The molecule has 2 unspecified atom stereocenters. The number of methoxy groups -OCH3 is 1. The van der Waals surface area contributed by atoms with Crippen LogP contribution in [0.4, 0.5) is 0 Å². The number of carbonyl (C=O) groups is 1. The molecule has 0 radical (unpaired) electrons. The Labute approximate surface area is 113 Å². The molecule has 0 aliphatic carbocycles. The van der Waals surface area contributed by atoms with Crippen molar-refractivity contribution in [3.8, 4) is 5.75 Å². The molecule has 0 bridgehead atoms. The van der Waals surface area contributed by atoms with Gasteiger partial charge in [0.1, 0.15) is 11.9 Å². The third-order valence-corrected chi connectivity index (χ3v) is 3.04. The average Bonchev–Trinajstić information content (AvgIpc) is 2.37. The number of aliphatic hydroxyl groups is 2. The first-order chi connectivity index (χ1) is 8.51. The molecule has 0 aromatic heterocycles. The van der Waals surface area contributed by atoms with Gasteiger partial charge in [0.15, 0.2) is 0 Å². The summed E-state index contributed by atoms with van der Waals surface area (Å²) in [5, 5.41) is 29.2. The van der Waals surface area contributed by atoms with Crippen molar-refractivity contribution in [1.29, 1.82) is 0 Å². The summed E-state index contributed by atoms with van der Waals surface area (Å²) in [5.41, 5.74) is 0.104. The van der Waals surface area contributed by atoms with E-state index in [9.17, 15) is 15.0 Å². The maximum absolute atomic E-state index is 11.1. The topological polar surface area (TPSA) is 87.0 Å². The number of hydrogen-bond donors (Lipinski definition) is 3. The van der Waals surface area contributed by atoms with Gasteiger partial charge in [-0.05, 0) is 24.1 Å². The van der Waals surface area contributed by atoms with Gasteiger partial charge in [0.05, 0.1) is 18.8 Å². The Morgan fingerprint density at radius 1 is 1.44 bits per heavy atom. The Morgan fingerprint density at radius 2 is 2.11 bits per heavy atom. The molecule has 0 amide bonds. The van der Waals surface area contributed by atoms with E-state index in [-0.39, 0.29) is 11.1 Å². The number of aromatic carboxylic acids is 1. The standard InChI is InChI=1S/C12H15BrO5/c1-18-7-2-3-8(9(6-7)12(16)17)11(15)10(14)4-5-13/h2-3,6,10-11,14-15H,4-5H2,1H3,(H,16,17). The summed E-state index contributed by atoms with van der Waals surface area (Å²) in [4.78, 5) is 11.1. The van der Waals surface area contributed by atoms with Crippen molar-refractivity contribution < 1.29 is 24.9 Å². The Bertz CT molecular complexity index is 421. The molecule has 1 rings (SSSR count). The van der Waals surface area contributed by atoms with Crippen molar-refractivity contribution in [1.82, 2.24) is 0 Å². The predicted molar refractivity (Wildman–Crippen MR) is 69.3 cm³/mol. The van der Waals surface area contributed by atoms with Crippen LogP contribution in [0.2, 0.25) is 0 Å². The number of benzene rings is 1. The lowest BCUT2D eigenvalue weighted by Gasteiger charge is -2.19. The van der Waals surface area contributed by atoms with E-state index >= 15 is 0 Å². The highest BCUT2D eigenvalue weighted by Crippen LogP contribution is 2.26. The second-order valence-electron chi connectivity index (χ2n) is 3.75. The molecule has 5 nitrogen and oxygen atoms in total. The third kappa shape index (κ3) is 3.44. The Morgan fingerprint density at radius 3 is 2.61 bits per heavy atom. The van der Waals surface area contributed by atoms with Gasteiger partial charge in [0.25, 0.3) is 0 Å². The second-order valence-corrected chi connectivity index (χ2v) is 4.54. The first-order valence-corrected chi connectivity index (χ1v) is 6.46. The molecule has 0 heterocycles. The number of aliphatic hydroxyl groups excluding tert-OH is 2. The lowest BCUT2D eigenvalue weighted by atomic mass is 9.97. The number of ether oxygens (including phenoxy) is 1. The van der Waals surface area contributed by atoms with Crippen molar-refractivity contribution in [2.75, 3.05) is 12.4 Å². The van der Waals surface area contributed by atoms with Crippen LogP contribution in [0.1, 0.15) is 28.4 Å². The van der Waals surface area contributed by atoms with E-state index in [1.807, 2.05) is 0 Å². The number of carboxylic acid groups (broad SMARTS) is 1. The lowest BCUT2D eigenvalue weighted by molar-refractivity contribution is 0.0163. The fourth-order valence-electron chi connectivity index (χ4n) is 1.58. The summed E-state index contributed by atoms with van der Waals surface area (Å²) in [6.45, 7) is 0. The Balaban J connectivity index is 3.10. The molecule has 0 aliphatic heterocycles. The van der Waals surface area contributed by atoms with E-state index < -0.39 is 18.2 Å². The van der Waals surface area contributed by atoms with Crippen LogP contribution < -0.4 is 4.74 Å². The summed E-state index contributed by atoms with van der Waals surface area (Å²) in [5.74, 6) is -0.785. The minimum Gasteiger partial charge on any atom is -0.497 e. The monoisotopic (exact) mass is 318 g/mol. The number of rotatable bonds is 6. The maximum atomic E-state index is 11.1. The molecule has 100 valence electrons. The summed E-state index contributed by atoms with van der Waals surface area (Å²) in [6.07, 6.45) is -1.93. The summed E-state index contributed by atoms with van der Waals surface area (Å²) >= 11 is 3.15. The number of halogens is 1. The van der Waals surface area contributed by atoms with Gasteiger partial charge in [0, 0.05) is 5.33 Å². The van der Waals surface area contributed by atoms with Crippen LogP contribution in [0.3, 0.4) is 0 Å². The summed E-state index contributed by atoms with van der Waals surface area (Å²) in [7, 11) is 1.43. The Kier molecular flexibility index (Phi) is 5.58. The largest absolute Gasteiger partial charge is 0.497 e. The normalized spacial score (nSPS) is 14.0. The maximum Gasteiger partial charge on any atom is 0.336 e. The van der Waals surface area contributed by atoms with E-state index in [2.05, 4.69) is 15.9 Å². The first kappa shape index (κ1) is 14.9. The second kappa shape index (κ2) is 6.72. The van der Waals surface area contributed by atoms with Crippen molar-refractivity contribution >= 4 is 21.9 Å². The van der Waals surface area contributed by atoms with Crippen molar-refractivity contribution in [3.05, 3.63) is 29.3 Å². The van der Waals surface area contributed by atoms with Gasteiger partial charge in [-0.2, -0.15) is 0 Å². The zero-order chi connectivity index (χ0) is 13.7. The molecule has 0 spiro atoms. The molecule has 0 aliphatic rings. The molecule has 0 saturated carbocycles. The molecule has 0 fully saturated rings. The SMILES string of the molecule is COc1ccc(C(O)C(O)CCBr)c(C(=O)O)c1. The summed E-state index contributed by atoms with van der Waals surface area (Å²) < 4.78 is 4.93. The van der Waals surface area contributed by atoms with Crippen LogP contribution in [0.25, 0.3) is 0 Å². The van der Waals surface area contributed by atoms with Crippen LogP contribution in [0.5, 0.6) is 5.75 Å². The van der Waals surface area contributed by atoms with Gasteiger partial charge < -0.3 is 20.1 Å². The fourth-order valence-corrected chi connectivity index (χ4v) is 2.05. The molecule has 3 N–H and O–H groups in total. The van der Waals surface area contributed by atoms with Crippen LogP contribution in [0.15, 0.2) is 18.2 Å². The fraction of sp³-hybridized carbons (Fsp3) is 0.417. The van der Waals surface area contributed by atoms with E-state index in [4.69, 9.17) is 9.84 Å². The molecule has 6 heteroatoms. The van der Waals surface area contributed by atoms with E-state index in [0.29, 0.717) is 17.5 Å². The van der Waals surface area contributed by atoms with Crippen LogP contribution in [-0.2, 0) is 0 Å².